The molecule has 0 radical (unpaired) electrons. The molecule has 1 aliphatic rings. The van der Waals surface area contributed by atoms with E-state index in [1.807, 2.05) is 6.07 Å². The lowest BCUT2D eigenvalue weighted by atomic mass is 10.1. The molecule has 0 aliphatic heterocycles. The molecular weight excluding hydrogens is 258 g/mol. The summed E-state index contributed by atoms with van der Waals surface area (Å²) < 4.78 is 0. The van der Waals surface area contributed by atoms with Crippen molar-refractivity contribution in [1.82, 2.24) is 0 Å². The molecule has 0 aromatic heterocycles. The quantitative estimate of drug-likeness (QED) is 0.793. The molecule has 1 N–H and O–H groups in total. The highest BCUT2D eigenvalue weighted by atomic mass is 79.9. The fraction of sp³-hybridized carbons (Fsp3) is 0.273. The van der Waals surface area contributed by atoms with Crippen molar-refractivity contribution in [1.29, 1.82) is 0 Å². The summed E-state index contributed by atoms with van der Waals surface area (Å²) in [5.74, 6) is -0.0222. The summed E-state index contributed by atoms with van der Waals surface area (Å²) in [6.07, 6.45) is 0.643. The zero-order valence-electron chi connectivity index (χ0n) is 8.21. The van der Waals surface area contributed by atoms with E-state index in [-0.39, 0.29) is 16.5 Å². The number of fused-ring (bicyclic) bond motifs is 1. The molecule has 0 saturated heterocycles. The average Bonchev–Trinajstić information content (AvgIpc) is 2.45. The SMILES string of the molecule is CC(=O)Nc1cccc2c1CC(Br)C2=O. The van der Waals surface area contributed by atoms with Crippen LogP contribution in [-0.2, 0) is 11.2 Å². The van der Waals surface area contributed by atoms with Gasteiger partial charge in [-0.2, -0.15) is 0 Å². The maximum atomic E-state index is 11.7. The van der Waals surface area contributed by atoms with E-state index in [0.717, 1.165) is 11.3 Å². The van der Waals surface area contributed by atoms with Crippen molar-refractivity contribution in [2.24, 2.45) is 0 Å². The topological polar surface area (TPSA) is 46.2 Å². The number of carbonyl (C=O) groups is 2. The molecule has 1 aliphatic carbocycles. The molecule has 0 saturated carbocycles. The summed E-state index contributed by atoms with van der Waals surface area (Å²) in [5, 5.41) is 2.73. The highest BCUT2D eigenvalue weighted by Crippen LogP contribution is 2.32. The molecule has 0 fully saturated rings. The molecular formula is C11H10BrNO2. The first-order valence-electron chi connectivity index (χ1n) is 4.67. The molecule has 2 rings (SSSR count). The predicted octanol–water partition coefficient (Wildman–Crippen LogP) is 2.15. The first-order chi connectivity index (χ1) is 7.09. The molecule has 78 valence electrons. The van der Waals surface area contributed by atoms with Crippen molar-refractivity contribution in [3.63, 3.8) is 0 Å². The largest absolute Gasteiger partial charge is 0.326 e. The zero-order chi connectivity index (χ0) is 11.0. The fourth-order valence-corrected chi connectivity index (χ4v) is 2.36. The third-order valence-electron chi connectivity index (χ3n) is 2.42. The third-order valence-corrected chi connectivity index (χ3v) is 3.16. The number of Topliss-reactive ketones (excluding diaryl/α,β-unsaturated/α-hetero) is 1. The lowest BCUT2D eigenvalue weighted by Gasteiger charge is -2.07. The van der Waals surface area contributed by atoms with E-state index in [0.29, 0.717) is 12.0 Å². The van der Waals surface area contributed by atoms with Crippen LogP contribution in [0, 0.1) is 0 Å². The number of amides is 1. The van der Waals surface area contributed by atoms with E-state index in [2.05, 4.69) is 21.2 Å². The van der Waals surface area contributed by atoms with Gasteiger partial charge >= 0.3 is 0 Å². The van der Waals surface area contributed by atoms with Crippen LogP contribution in [0.4, 0.5) is 5.69 Å². The second-order valence-electron chi connectivity index (χ2n) is 3.55. The number of benzene rings is 1. The van der Waals surface area contributed by atoms with Crippen molar-refractivity contribution in [3.8, 4) is 0 Å². The first kappa shape index (κ1) is 10.4. The minimum atomic E-state index is -0.151. The normalized spacial score (nSPS) is 18.8. The number of carbonyl (C=O) groups excluding carboxylic acids is 2. The van der Waals surface area contributed by atoms with Crippen LogP contribution in [0.2, 0.25) is 0 Å². The van der Waals surface area contributed by atoms with Crippen LogP contribution >= 0.6 is 15.9 Å². The second kappa shape index (κ2) is 3.77. The third kappa shape index (κ3) is 1.81. The van der Waals surface area contributed by atoms with Gasteiger partial charge in [0.05, 0.1) is 4.83 Å². The van der Waals surface area contributed by atoms with Crippen LogP contribution in [-0.4, -0.2) is 16.5 Å². The van der Waals surface area contributed by atoms with Crippen molar-refractivity contribution < 1.29 is 9.59 Å². The van der Waals surface area contributed by atoms with E-state index in [1.54, 1.807) is 12.1 Å². The van der Waals surface area contributed by atoms with Gasteiger partial charge < -0.3 is 5.32 Å². The minimum absolute atomic E-state index is 0.0946. The monoisotopic (exact) mass is 267 g/mol. The van der Waals surface area contributed by atoms with Gasteiger partial charge in [-0.1, -0.05) is 28.1 Å². The lowest BCUT2D eigenvalue weighted by molar-refractivity contribution is -0.114. The lowest BCUT2D eigenvalue weighted by Crippen LogP contribution is -2.08. The van der Waals surface area contributed by atoms with Gasteiger partial charge in [0.2, 0.25) is 5.91 Å². The van der Waals surface area contributed by atoms with Gasteiger partial charge in [0.15, 0.2) is 5.78 Å². The molecule has 1 atom stereocenters. The average molecular weight is 268 g/mol. The smallest absolute Gasteiger partial charge is 0.221 e. The highest BCUT2D eigenvalue weighted by Gasteiger charge is 2.30. The van der Waals surface area contributed by atoms with E-state index in [4.69, 9.17) is 0 Å². The number of hydrogen-bond acceptors (Lipinski definition) is 2. The maximum absolute atomic E-state index is 11.7. The molecule has 15 heavy (non-hydrogen) atoms. The molecule has 1 amide bonds. The van der Waals surface area contributed by atoms with Crippen LogP contribution in [0.25, 0.3) is 0 Å². The van der Waals surface area contributed by atoms with E-state index in [1.165, 1.54) is 6.92 Å². The molecule has 0 bridgehead atoms. The van der Waals surface area contributed by atoms with Crippen LogP contribution < -0.4 is 5.32 Å². The van der Waals surface area contributed by atoms with Crippen LogP contribution in [0.15, 0.2) is 18.2 Å². The first-order valence-corrected chi connectivity index (χ1v) is 5.59. The highest BCUT2D eigenvalue weighted by molar-refractivity contribution is 9.10. The molecule has 1 aromatic carbocycles. The van der Waals surface area contributed by atoms with Gasteiger partial charge in [-0.05, 0) is 18.1 Å². The van der Waals surface area contributed by atoms with Crippen LogP contribution in [0.5, 0.6) is 0 Å². The molecule has 0 spiro atoms. The van der Waals surface area contributed by atoms with E-state index in [9.17, 15) is 9.59 Å². The van der Waals surface area contributed by atoms with Crippen molar-refractivity contribution in [3.05, 3.63) is 29.3 Å². The van der Waals surface area contributed by atoms with Crippen molar-refractivity contribution in [2.45, 2.75) is 18.2 Å². The van der Waals surface area contributed by atoms with Gasteiger partial charge in [-0.15, -0.1) is 0 Å². The molecule has 1 unspecified atom stereocenters. The Bertz CT molecular complexity index is 442. The Kier molecular flexibility index (Phi) is 2.61. The Morgan fingerprint density at radius 1 is 1.53 bits per heavy atom. The van der Waals surface area contributed by atoms with E-state index >= 15 is 0 Å². The van der Waals surface area contributed by atoms with Crippen molar-refractivity contribution >= 4 is 33.3 Å². The Balaban J connectivity index is 2.45. The maximum Gasteiger partial charge on any atom is 0.221 e. The number of hydrogen-bond donors (Lipinski definition) is 1. The van der Waals surface area contributed by atoms with Gasteiger partial charge in [0.1, 0.15) is 0 Å². The Morgan fingerprint density at radius 2 is 2.27 bits per heavy atom. The van der Waals surface area contributed by atoms with Crippen LogP contribution in [0.3, 0.4) is 0 Å². The number of alkyl halides is 1. The fourth-order valence-electron chi connectivity index (χ4n) is 1.78. The predicted molar refractivity (Wildman–Crippen MR) is 61.5 cm³/mol. The van der Waals surface area contributed by atoms with Gasteiger partial charge in [0, 0.05) is 18.2 Å². The molecule has 4 heteroatoms. The van der Waals surface area contributed by atoms with Crippen molar-refractivity contribution in [2.75, 3.05) is 5.32 Å². The summed E-state index contributed by atoms with van der Waals surface area (Å²) in [6.45, 7) is 1.46. The summed E-state index contributed by atoms with van der Waals surface area (Å²) in [4.78, 5) is 22.5. The minimum Gasteiger partial charge on any atom is -0.326 e. The van der Waals surface area contributed by atoms with Gasteiger partial charge in [0.25, 0.3) is 0 Å². The number of ketones is 1. The second-order valence-corrected chi connectivity index (χ2v) is 4.65. The number of rotatable bonds is 1. The van der Waals surface area contributed by atoms with E-state index < -0.39 is 0 Å². The number of anilines is 1. The van der Waals surface area contributed by atoms with Gasteiger partial charge in [-0.25, -0.2) is 0 Å². The Labute approximate surface area is 96.0 Å². The standard InChI is InChI=1S/C11H10BrNO2/c1-6(14)13-10-4-2-3-7-8(10)5-9(12)11(7)15/h2-4,9H,5H2,1H3,(H,13,14). The number of halogens is 1. The summed E-state index contributed by atoms with van der Waals surface area (Å²) in [7, 11) is 0. The Morgan fingerprint density at radius 3 is 2.93 bits per heavy atom. The van der Waals surface area contributed by atoms with Gasteiger partial charge in [-0.3, -0.25) is 9.59 Å². The Hall–Kier alpha value is -1.16. The molecule has 1 aromatic rings. The number of nitrogens with one attached hydrogen (secondary N) is 1. The summed E-state index contributed by atoms with van der Waals surface area (Å²) in [6, 6.07) is 5.40. The van der Waals surface area contributed by atoms with Crippen LogP contribution in [0.1, 0.15) is 22.8 Å². The summed E-state index contributed by atoms with van der Waals surface area (Å²) in [5.41, 5.74) is 2.39. The molecule has 0 heterocycles. The zero-order valence-corrected chi connectivity index (χ0v) is 9.80. The molecule has 3 nitrogen and oxygen atoms in total. The summed E-state index contributed by atoms with van der Waals surface area (Å²) >= 11 is 3.32.